The minimum Gasteiger partial charge on any atom is -0.342 e. The Balaban J connectivity index is 1.84. The number of likely N-dealkylation sites (tertiary alicyclic amines) is 1. The summed E-state index contributed by atoms with van der Waals surface area (Å²) in [7, 11) is 0. The van der Waals surface area contributed by atoms with Gasteiger partial charge in [-0.1, -0.05) is 23.8 Å². The van der Waals surface area contributed by atoms with Gasteiger partial charge in [-0.3, -0.25) is 4.79 Å². The monoisotopic (exact) mass is 191 g/mol. The van der Waals surface area contributed by atoms with Crippen molar-refractivity contribution in [3.8, 4) is 0 Å². The number of carbonyl (C=O) groups excluding carboxylic acids is 1. The maximum Gasteiger partial charge on any atom is 0.226 e. The van der Waals surface area contributed by atoms with E-state index in [4.69, 9.17) is 0 Å². The van der Waals surface area contributed by atoms with Crippen LogP contribution in [0.3, 0.4) is 0 Å². The minimum absolute atomic E-state index is 0.323. The minimum atomic E-state index is 0.323. The van der Waals surface area contributed by atoms with E-state index in [0.717, 1.165) is 25.9 Å². The summed E-state index contributed by atoms with van der Waals surface area (Å²) < 4.78 is 0. The largest absolute Gasteiger partial charge is 0.342 e. The zero-order valence-corrected chi connectivity index (χ0v) is 8.54. The van der Waals surface area contributed by atoms with Crippen LogP contribution in [0.4, 0.5) is 0 Å². The lowest BCUT2D eigenvalue weighted by Gasteiger charge is -2.16. The van der Waals surface area contributed by atoms with Crippen molar-refractivity contribution in [1.82, 2.24) is 4.90 Å². The number of amides is 1. The van der Waals surface area contributed by atoms with E-state index in [1.807, 2.05) is 4.90 Å². The van der Waals surface area contributed by atoms with Crippen molar-refractivity contribution in [2.75, 3.05) is 13.1 Å². The van der Waals surface area contributed by atoms with Gasteiger partial charge in [0.25, 0.3) is 0 Å². The quantitative estimate of drug-likeness (QED) is 0.613. The Hall–Kier alpha value is -1.05. The molecule has 14 heavy (non-hydrogen) atoms. The zero-order valence-electron chi connectivity index (χ0n) is 8.54. The van der Waals surface area contributed by atoms with Crippen molar-refractivity contribution in [3.05, 3.63) is 23.8 Å². The second-order valence-corrected chi connectivity index (χ2v) is 4.04. The molecular weight excluding hydrogens is 174 g/mol. The molecule has 0 bridgehead atoms. The predicted molar refractivity (Wildman–Crippen MR) is 56.9 cm³/mol. The number of rotatable bonds is 2. The number of nitrogens with zero attached hydrogens (tertiary/aromatic N) is 1. The van der Waals surface area contributed by atoms with Gasteiger partial charge < -0.3 is 4.90 Å². The highest BCUT2D eigenvalue weighted by molar-refractivity contribution is 5.79. The third-order valence-electron chi connectivity index (χ3n) is 2.93. The fourth-order valence-electron chi connectivity index (χ4n) is 2.07. The highest BCUT2D eigenvalue weighted by Gasteiger charge is 2.18. The van der Waals surface area contributed by atoms with E-state index in [0.29, 0.717) is 12.3 Å². The molecule has 1 aliphatic heterocycles. The smallest absolute Gasteiger partial charge is 0.226 e. The van der Waals surface area contributed by atoms with E-state index in [2.05, 4.69) is 18.2 Å². The molecule has 1 amide bonds. The second kappa shape index (κ2) is 4.45. The van der Waals surface area contributed by atoms with Crippen molar-refractivity contribution in [3.63, 3.8) is 0 Å². The van der Waals surface area contributed by atoms with Crippen LogP contribution in [0.25, 0.3) is 0 Å². The summed E-state index contributed by atoms with van der Waals surface area (Å²) >= 11 is 0. The van der Waals surface area contributed by atoms with Crippen LogP contribution in [0.2, 0.25) is 0 Å². The molecule has 0 saturated carbocycles. The molecule has 2 aliphatic rings. The molecule has 0 aromatic carbocycles. The van der Waals surface area contributed by atoms with Crippen molar-refractivity contribution >= 4 is 5.91 Å². The fraction of sp³-hybridized carbons (Fsp3) is 0.583. The van der Waals surface area contributed by atoms with Crippen LogP contribution in [0.1, 0.15) is 32.1 Å². The van der Waals surface area contributed by atoms with Crippen molar-refractivity contribution in [2.24, 2.45) is 0 Å². The summed E-state index contributed by atoms with van der Waals surface area (Å²) in [6.45, 7) is 1.95. The molecule has 0 N–H and O–H groups in total. The van der Waals surface area contributed by atoms with Crippen LogP contribution in [-0.2, 0) is 4.79 Å². The van der Waals surface area contributed by atoms with Crippen molar-refractivity contribution < 1.29 is 4.79 Å². The standard InChI is InChI=1S/C12H17NO/c14-12(13-8-4-5-9-13)10-11-6-2-1-3-7-11/h1-2,7H,3-6,8-10H2. The molecule has 0 aromatic heterocycles. The van der Waals surface area contributed by atoms with E-state index in [-0.39, 0.29) is 0 Å². The van der Waals surface area contributed by atoms with Crippen LogP contribution in [0, 0.1) is 0 Å². The Morgan fingerprint density at radius 3 is 2.71 bits per heavy atom. The first-order chi connectivity index (χ1) is 6.86. The lowest BCUT2D eigenvalue weighted by Crippen LogP contribution is -2.27. The van der Waals surface area contributed by atoms with Crippen LogP contribution >= 0.6 is 0 Å². The summed E-state index contributed by atoms with van der Waals surface area (Å²) in [5, 5.41) is 0. The third kappa shape index (κ3) is 2.25. The van der Waals surface area contributed by atoms with Crippen LogP contribution in [0.15, 0.2) is 23.8 Å². The number of allylic oxidation sites excluding steroid dienone is 3. The van der Waals surface area contributed by atoms with E-state index in [9.17, 15) is 4.79 Å². The number of hydrogen-bond acceptors (Lipinski definition) is 1. The van der Waals surface area contributed by atoms with Gasteiger partial charge in [0, 0.05) is 19.5 Å². The van der Waals surface area contributed by atoms with Crippen LogP contribution < -0.4 is 0 Å². The van der Waals surface area contributed by atoms with Gasteiger partial charge in [0.15, 0.2) is 0 Å². The fourth-order valence-corrected chi connectivity index (χ4v) is 2.07. The summed E-state index contributed by atoms with van der Waals surface area (Å²) in [4.78, 5) is 13.8. The first-order valence-corrected chi connectivity index (χ1v) is 5.47. The highest BCUT2D eigenvalue weighted by atomic mass is 16.2. The average Bonchev–Trinajstić information content (AvgIpc) is 2.72. The molecule has 0 radical (unpaired) electrons. The molecule has 1 fully saturated rings. The summed E-state index contributed by atoms with van der Waals surface area (Å²) in [6, 6.07) is 0. The van der Waals surface area contributed by atoms with Crippen LogP contribution in [0.5, 0.6) is 0 Å². The molecule has 2 nitrogen and oxygen atoms in total. The molecular formula is C12H17NO. The first kappa shape index (κ1) is 9.50. The summed E-state index contributed by atoms with van der Waals surface area (Å²) in [5.74, 6) is 0.323. The van der Waals surface area contributed by atoms with E-state index in [1.165, 1.54) is 18.4 Å². The Kier molecular flexibility index (Phi) is 3.02. The van der Waals surface area contributed by atoms with Gasteiger partial charge in [-0.05, 0) is 25.7 Å². The summed E-state index contributed by atoms with van der Waals surface area (Å²) in [6.07, 6.45) is 11.5. The average molecular weight is 191 g/mol. The molecule has 0 atom stereocenters. The lowest BCUT2D eigenvalue weighted by molar-refractivity contribution is -0.129. The third-order valence-corrected chi connectivity index (χ3v) is 2.93. The maximum absolute atomic E-state index is 11.8. The van der Waals surface area contributed by atoms with Crippen molar-refractivity contribution in [2.45, 2.75) is 32.1 Å². The lowest BCUT2D eigenvalue weighted by atomic mass is 10.0. The Bertz CT molecular complexity index is 272. The Labute approximate surface area is 85.3 Å². The molecule has 76 valence electrons. The van der Waals surface area contributed by atoms with Gasteiger partial charge in [0.2, 0.25) is 5.91 Å². The number of carbonyl (C=O) groups is 1. The van der Waals surface area contributed by atoms with Gasteiger partial charge in [0.05, 0.1) is 0 Å². The molecule has 2 heteroatoms. The zero-order chi connectivity index (χ0) is 9.80. The molecule has 0 unspecified atom stereocenters. The SMILES string of the molecule is O=C(CC1=CCC=CC1)N1CCCC1. The Morgan fingerprint density at radius 2 is 2.07 bits per heavy atom. The topological polar surface area (TPSA) is 20.3 Å². The first-order valence-electron chi connectivity index (χ1n) is 5.47. The Morgan fingerprint density at radius 1 is 1.29 bits per heavy atom. The van der Waals surface area contributed by atoms with Gasteiger partial charge in [0.1, 0.15) is 0 Å². The molecule has 1 saturated heterocycles. The van der Waals surface area contributed by atoms with Gasteiger partial charge >= 0.3 is 0 Å². The van der Waals surface area contributed by atoms with E-state index < -0.39 is 0 Å². The van der Waals surface area contributed by atoms with E-state index >= 15 is 0 Å². The van der Waals surface area contributed by atoms with E-state index in [1.54, 1.807) is 0 Å². The molecule has 2 rings (SSSR count). The normalized spacial score (nSPS) is 21.1. The molecule has 0 spiro atoms. The summed E-state index contributed by atoms with van der Waals surface area (Å²) in [5.41, 5.74) is 1.30. The molecule has 0 aromatic rings. The van der Waals surface area contributed by atoms with Gasteiger partial charge in [-0.15, -0.1) is 0 Å². The molecule has 1 aliphatic carbocycles. The van der Waals surface area contributed by atoms with Gasteiger partial charge in [-0.2, -0.15) is 0 Å². The predicted octanol–water partition coefficient (Wildman–Crippen LogP) is 2.28. The highest BCUT2D eigenvalue weighted by Crippen LogP contribution is 2.17. The molecule has 1 heterocycles. The van der Waals surface area contributed by atoms with Crippen molar-refractivity contribution in [1.29, 1.82) is 0 Å². The maximum atomic E-state index is 11.8. The number of hydrogen-bond donors (Lipinski definition) is 0. The second-order valence-electron chi connectivity index (χ2n) is 4.04. The van der Waals surface area contributed by atoms with Gasteiger partial charge in [-0.25, -0.2) is 0 Å². The van der Waals surface area contributed by atoms with Crippen LogP contribution in [-0.4, -0.2) is 23.9 Å².